The third kappa shape index (κ3) is 4.97. The van der Waals surface area contributed by atoms with Gasteiger partial charge in [-0.3, -0.25) is 4.79 Å². The Labute approximate surface area is 152 Å². The van der Waals surface area contributed by atoms with Gasteiger partial charge in [0.25, 0.3) is 5.91 Å². The summed E-state index contributed by atoms with van der Waals surface area (Å²) in [6.07, 6.45) is 2.43. The van der Waals surface area contributed by atoms with Gasteiger partial charge in [-0.25, -0.2) is 5.43 Å². The van der Waals surface area contributed by atoms with Crippen LogP contribution in [0.1, 0.15) is 35.3 Å². The highest BCUT2D eigenvalue weighted by molar-refractivity contribution is 6.32. The molecule has 0 heterocycles. The van der Waals surface area contributed by atoms with E-state index in [1.807, 2.05) is 19.1 Å². The summed E-state index contributed by atoms with van der Waals surface area (Å²) in [5.41, 5.74) is 4.91. The fraction of sp³-hybridized carbons (Fsp3) is 0.263. The van der Waals surface area contributed by atoms with Gasteiger partial charge in [0.1, 0.15) is 0 Å². The number of aryl methyl sites for hydroxylation is 1. The van der Waals surface area contributed by atoms with Crippen LogP contribution >= 0.6 is 11.6 Å². The van der Waals surface area contributed by atoms with Crippen LogP contribution in [0.15, 0.2) is 41.5 Å². The summed E-state index contributed by atoms with van der Waals surface area (Å²) in [4.78, 5) is 12.1. The lowest BCUT2D eigenvalue weighted by atomic mass is 10.1. The Morgan fingerprint density at radius 3 is 2.56 bits per heavy atom. The summed E-state index contributed by atoms with van der Waals surface area (Å²) >= 11 is 6.20. The van der Waals surface area contributed by atoms with Gasteiger partial charge in [0.05, 0.1) is 25.0 Å². The first-order valence-corrected chi connectivity index (χ1v) is 8.39. The van der Waals surface area contributed by atoms with Crippen molar-refractivity contribution in [3.8, 4) is 11.5 Å². The Morgan fingerprint density at radius 1 is 1.24 bits per heavy atom. The van der Waals surface area contributed by atoms with E-state index in [4.69, 9.17) is 21.1 Å². The van der Waals surface area contributed by atoms with Crippen LogP contribution in [-0.4, -0.2) is 25.8 Å². The number of hydrogen-bond acceptors (Lipinski definition) is 4. The van der Waals surface area contributed by atoms with Crippen molar-refractivity contribution in [2.45, 2.75) is 20.3 Å². The number of nitrogens with one attached hydrogen (secondary N) is 1. The Hall–Kier alpha value is -2.53. The number of amides is 1. The van der Waals surface area contributed by atoms with Crippen LogP contribution < -0.4 is 14.9 Å². The standard InChI is InChI=1S/C19H21ClN2O3/c1-4-13-6-8-15(9-7-13)19(23)22-21-12-14-10-16(20)18(25-5-2)17(11-14)24-3/h6-12H,4-5H2,1-3H3,(H,22,23)/b21-12-. The summed E-state index contributed by atoms with van der Waals surface area (Å²) in [7, 11) is 1.54. The van der Waals surface area contributed by atoms with Gasteiger partial charge in [-0.1, -0.05) is 30.7 Å². The maximum Gasteiger partial charge on any atom is 0.271 e. The van der Waals surface area contributed by atoms with E-state index in [2.05, 4.69) is 17.5 Å². The van der Waals surface area contributed by atoms with E-state index >= 15 is 0 Å². The third-order valence-corrected chi connectivity index (χ3v) is 3.83. The fourth-order valence-corrected chi connectivity index (χ4v) is 2.49. The minimum Gasteiger partial charge on any atom is -0.493 e. The number of nitrogens with zero attached hydrogens (tertiary/aromatic N) is 1. The number of benzene rings is 2. The summed E-state index contributed by atoms with van der Waals surface area (Å²) in [6, 6.07) is 10.8. The van der Waals surface area contributed by atoms with Gasteiger partial charge in [-0.2, -0.15) is 5.10 Å². The Kier molecular flexibility index (Phi) is 6.83. The van der Waals surface area contributed by atoms with Crippen LogP contribution in [0.5, 0.6) is 11.5 Å². The molecule has 0 bridgehead atoms. The van der Waals surface area contributed by atoms with Crippen LogP contribution in [0.2, 0.25) is 5.02 Å². The number of hydrazone groups is 1. The van der Waals surface area contributed by atoms with E-state index in [1.165, 1.54) is 18.9 Å². The predicted octanol–water partition coefficient (Wildman–Crippen LogP) is 4.07. The van der Waals surface area contributed by atoms with E-state index in [1.54, 1.807) is 24.3 Å². The average molecular weight is 361 g/mol. The normalized spacial score (nSPS) is 10.7. The molecule has 2 rings (SSSR count). The van der Waals surface area contributed by atoms with Crippen molar-refractivity contribution in [1.29, 1.82) is 0 Å². The van der Waals surface area contributed by atoms with E-state index in [-0.39, 0.29) is 5.91 Å². The molecule has 2 aromatic carbocycles. The van der Waals surface area contributed by atoms with E-state index in [0.717, 1.165) is 6.42 Å². The van der Waals surface area contributed by atoms with Gasteiger partial charge in [0.15, 0.2) is 11.5 Å². The zero-order chi connectivity index (χ0) is 18.2. The Morgan fingerprint density at radius 2 is 1.96 bits per heavy atom. The third-order valence-electron chi connectivity index (χ3n) is 3.54. The summed E-state index contributed by atoms with van der Waals surface area (Å²) in [5, 5.41) is 4.39. The Bertz CT molecular complexity index is 758. The van der Waals surface area contributed by atoms with Crippen LogP contribution in [-0.2, 0) is 6.42 Å². The molecule has 0 atom stereocenters. The molecule has 0 radical (unpaired) electrons. The molecule has 5 nitrogen and oxygen atoms in total. The van der Waals surface area contributed by atoms with Crippen molar-refractivity contribution in [1.82, 2.24) is 5.43 Å². The van der Waals surface area contributed by atoms with Crippen molar-refractivity contribution < 1.29 is 14.3 Å². The van der Waals surface area contributed by atoms with E-state index < -0.39 is 0 Å². The molecular weight excluding hydrogens is 340 g/mol. The maximum atomic E-state index is 12.1. The van der Waals surface area contributed by atoms with Gasteiger partial charge in [-0.05, 0) is 48.7 Å². The molecule has 1 N–H and O–H groups in total. The molecule has 1 amide bonds. The number of carbonyl (C=O) groups is 1. The van der Waals surface area contributed by atoms with Gasteiger partial charge < -0.3 is 9.47 Å². The van der Waals surface area contributed by atoms with Crippen molar-refractivity contribution in [3.63, 3.8) is 0 Å². The van der Waals surface area contributed by atoms with Crippen LogP contribution in [0, 0.1) is 0 Å². The first-order valence-electron chi connectivity index (χ1n) is 8.01. The molecule has 0 spiro atoms. The molecule has 0 aliphatic heterocycles. The largest absolute Gasteiger partial charge is 0.493 e. The van der Waals surface area contributed by atoms with Gasteiger partial charge >= 0.3 is 0 Å². The molecule has 2 aromatic rings. The quantitative estimate of drug-likeness (QED) is 0.598. The second kappa shape index (κ2) is 9.08. The molecule has 0 aliphatic rings. The first kappa shape index (κ1) is 18.8. The zero-order valence-corrected chi connectivity index (χ0v) is 15.3. The SMILES string of the molecule is CCOc1c(Cl)cc(/C=N\NC(=O)c2ccc(CC)cc2)cc1OC. The number of halogens is 1. The second-order valence-corrected chi connectivity index (χ2v) is 5.62. The molecular formula is C19H21ClN2O3. The average Bonchev–Trinajstić information content (AvgIpc) is 2.63. The highest BCUT2D eigenvalue weighted by Gasteiger charge is 2.11. The monoisotopic (exact) mass is 360 g/mol. The number of ether oxygens (including phenoxy) is 2. The number of rotatable bonds is 7. The molecule has 0 aromatic heterocycles. The number of hydrogen-bond donors (Lipinski definition) is 1. The maximum absolute atomic E-state index is 12.1. The topological polar surface area (TPSA) is 59.9 Å². The van der Waals surface area contributed by atoms with Crippen molar-refractivity contribution in [3.05, 3.63) is 58.1 Å². The fourth-order valence-electron chi connectivity index (χ4n) is 2.22. The van der Waals surface area contributed by atoms with Crippen LogP contribution in [0.4, 0.5) is 0 Å². The lowest BCUT2D eigenvalue weighted by Crippen LogP contribution is -2.17. The van der Waals surface area contributed by atoms with Crippen molar-refractivity contribution >= 4 is 23.7 Å². The van der Waals surface area contributed by atoms with Gasteiger partial charge in [-0.15, -0.1) is 0 Å². The molecule has 0 unspecified atom stereocenters. The molecule has 0 aliphatic carbocycles. The molecule has 0 saturated carbocycles. The van der Waals surface area contributed by atoms with Crippen molar-refractivity contribution in [2.24, 2.45) is 5.10 Å². The summed E-state index contributed by atoms with van der Waals surface area (Å²) in [6.45, 7) is 4.42. The van der Waals surface area contributed by atoms with Crippen LogP contribution in [0.3, 0.4) is 0 Å². The minimum absolute atomic E-state index is 0.275. The van der Waals surface area contributed by atoms with Gasteiger partial charge in [0, 0.05) is 5.56 Å². The number of methoxy groups -OCH3 is 1. The van der Waals surface area contributed by atoms with E-state index in [9.17, 15) is 4.79 Å². The summed E-state index contributed by atoms with van der Waals surface area (Å²) < 4.78 is 10.7. The highest BCUT2D eigenvalue weighted by atomic mass is 35.5. The van der Waals surface area contributed by atoms with Crippen LogP contribution in [0.25, 0.3) is 0 Å². The highest BCUT2D eigenvalue weighted by Crippen LogP contribution is 2.35. The second-order valence-electron chi connectivity index (χ2n) is 5.22. The lowest BCUT2D eigenvalue weighted by molar-refractivity contribution is 0.0955. The molecule has 25 heavy (non-hydrogen) atoms. The van der Waals surface area contributed by atoms with Gasteiger partial charge in [0.2, 0.25) is 0 Å². The molecule has 132 valence electrons. The molecule has 6 heteroatoms. The summed E-state index contributed by atoms with van der Waals surface area (Å²) in [5.74, 6) is 0.726. The minimum atomic E-state index is -0.275. The zero-order valence-electron chi connectivity index (χ0n) is 14.5. The predicted molar refractivity (Wildman–Crippen MR) is 100 cm³/mol. The molecule has 0 fully saturated rings. The Balaban J connectivity index is 2.08. The number of carbonyl (C=O) groups excluding carboxylic acids is 1. The lowest BCUT2D eigenvalue weighted by Gasteiger charge is -2.11. The van der Waals surface area contributed by atoms with E-state index in [0.29, 0.717) is 34.3 Å². The first-order chi connectivity index (χ1) is 12.1. The smallest absolute Gasteiger partial charge is 0.271 e. The van der Waals surface area contributed by atoms with Crippen molar-refractivity contribution in [2.75, 3.05) is 13.7 Å². The molecule has 0 saturated heterocycles.